The van der Waals surface area contributed by atoms with Gasteiger partial charge in [0.2, 0.25) is 0 Å². The first-order chi connectivity index (χ1) is 11.2. The van der Waals surface area contributed by atoms with Gasteiger partial charge in [-0.25, -0.2) is 19.3 Å². The van der Waals surface area contributed by atoms with Crippen molar-refractivity contribution in [1.29, 1.82) is 0 Å². The minimum Gasteiger partial charge on any atom is -0.243 e. The summed E-state index contributed by atoms with van der Waals surface area (Å²) in [7, 11) is 0. The highest BCUT2D eigenvalue weighted by atomic mass is 32.2. The molecule has 6 nitrogen and oxygen atoms in total. The van der Waals surface area contributed by atoms with Gasteiger partial charge in [0.15, 0.2) is 11.6 Å². The Balaban J connectivity index is 2.06. The Bertz CT molecular complexity index is 765. The number of rotatable bonds is 6. The average molecular weight is 328 g/mol. The zero-order valence-electron chi connectivity index (χ0n) is 13.5. The molecule has 7 heteroatoms. The number of nitrogens with zero attached hydrogens (tertiary/aromatic N) is 6. The summed E-state index contributed by atoms with van der Waals surface area (Å²) in [5.41, 5.74) is 2.22. The second-order valence-electron chi connectivity index (χ2n) is 5.38. The van der Waals surface area contributed by atoms with Gasteiger partial charge in [-0.1, -0.05) is 18.2 Å². The highest BCUT2D eigenvalue weighted by molar-refractivity contribution is 7.98. The van der Waals surface area contributed by atoms with Crippen LogP contribution in [0.5, 0.6) is 0 Å². The van der Waals surface area contributed by atoms with Crippen LogP contribution in [0.15, 0.2) is 36.9 Å². The third kappa shape index (κ3) is 3.29. The van der Waals surface area contributed by atoms with Crippen LogP contribution in [0.2, 0.25) is 0 Å². The van der Waals surface area contributed by atoms with Crippen LogP contribution in [0.25, 0.3) is 5.69 Å². The van der Waals surface area contributed by atoms with Gasteiger partial charge in [-0.05, 0) is 31.7 Å². The van der Waals surface area contributed by atoms with Gasteiger partial charge in [-0.3, -0.25) is 0 Å². The van der Waals surface area contributed by atoms with Crippen molar-refractivity contribution in [2.24, 2.45) is 0 Å². The summed E-state index contributed by atoms with van der Waals surface area (Å²) in [6.07, 6.45) is 6.21. The fourth-order valence-electron chi connectivity index (χ4n) is 2.45. The Kier molecular flexibility index (Phi) is 4.76. The fraction of sp³-hybridized carbons (Fsp3) is 0.375. The van der Waals surface area contributed by atoms with E-state index in [1.807, 2.05) is 16.8 Å². The van der Waals surface area contributed by atoms with Crippen molar-refractivity contribution < 1.29 is 0 Å². The molecule has 0 saturated carbocycles. The molecule has 0 aliphatic rings. The van der Waals surface area contributed by atoms with Gasteiger partial charge < -0.3 is 0 Å². The molecule has 1 atom stereocenters. The second-order valence-corrected chi connectivity index (χ2v) is 6.36. The van der Waals surface area contributed by atoms with Crippen LogP contribution < -0.4 is 0 Å². The maximum Gasteiger partial charge on any atom is 0.157 e. The van der Waals surface area contributed by atoms with Crippen molar-refractivity contribution in [2.75, 3.05) is 12.0 Å². The lowest BCUT2D eigenvalue weighted by Gasteiger charge is -2.13. The quantitative estimate of drug-likeness (QED) is 0.696. The van der Waals surface area contributed by atoms with Crippen LogP contribution in [-0.4, -0.2) is 41.5 Å². The van der Waals surface area contributed by atoms with Gasteiger partial charge in [-0.15, -0.1) is 0 Å². The van der Waals surface area contributed by atoms with Crippen molar-refractivity contribution in [3.8, 4) is 5.69 Å². The molecule has 0 amide bonds. The Hall–Kier alpha value is -2.15. The van der Waals surface area contributed by atoms with Crippen LogP contribution in [0.3, 0.4) is 0 Å². The average Bonchev–Trinajstić information content (AvgIpc) is 3.22. The number of thioether (sulfide) groups is 1. The molecule has 0 radical (unpaired) electrons. The van der Waals surface area contributed by atoms with Gasteiger partial charge in [0.1, 0.15) is 18.7 Å². The Morgan fingerprint density at radius 1 is 1.26 bits per heavy atom. The van der Waals surface area contributed by atoms with Gasteiger partial charge in [0.25, 0.3) is 0 Å². The van der Waals surface area contributed by atoms with Crippen molar-refractivity contribution in [1.82, 2.24) is 29.5 Å². The first-order valence-electron chi connectivity index (χ1n) is 7.55. The van der Waals surface area contributed by atoms with E-state index in [0.717, 1.165) is 29.5 Å². The van der Waals surface area contributed by atoms with E-state index in [-0.39, 0.29) is 6.04 Å². The van der Waals surface area contributed by atoms with Crippen LogP contribution in [0, 0.1) is 6.92 Å². The summed E-state index contributed by atoms with van der Waals surface area (Å²) in [5.74, 6) is 2.75. The van der Waals surface area contributed by atoms with E-state index in [4.69, 9.17) is 10.1 Å². The summed E-state index contributed by atoms with van der Waals surface area (Å²) in [6, 6.07) is 8.18. The third-order valence-electron chi connectivity index (χ3n) is 3.76. The largest absolute Gasteiger partial charge is 0.243 e. The lowest BCUT2D eigenvalue weighted by Crippen LogP contribution is -2.14. The smallest absolute Gasteiger partial charge is 0.157 e. The number of hydrogen-bond donors (Lipinski definition) is 0. The SMILES string of the molecule is CSCCc1nc([C@@H](C)n2cncn2)n(-c2ccccc2C)n1. The Morgan fingerprint density at radius 3 is 2.78 bits per heavy atom. The zero-order chi connectivity index (χ0) is 16.2. The van der Waals surface area contributed by atoms with Crippen molar-refractivity contribution in [3.05, 3.63) is 54.1 Å². The summed E-state index contributed by atoms with van der Waals surface area (Å²) in [5, 5.41) is 8.98. The van der Waals surface area contributed by atoms with Crippen LogP contribution >= 0.6 is 11.8 Å². The number of aromatic nitrogens is 6. The topological polar surface area (TPSA) is 61.4 Å². The van der Waals surface area contributed by atoms with Gasteiger partial charge in [0, 0.05) is 12.2 Å². The van der Waals surface area contributed by atoms with E-state index in [9.17, 15) is 0 Å². The maximum absolute atomic E-state index is 4.77. The summed E-state index contributed by atoms with van der Waals surface area (Å²) >= 11 is 1.80. The lowest BCUT2D eigenvalue weighted by atomic mass is 10.2. The first-order valence-corrected chi connectivity index (χ1v) is 8.95. The van der Waals surface area contributed by atoms with E-state index in [1.165, 1.54) is 5.56 Å². The van der Waals surface area contributed by atoms with E-state index < -0.39 is 0 Å². The van der Waals surface area contributed by atoms with E-state index in [0.29, 0.717) is 0 Å². The molecular formula is C16H20N6S. The molecular weight excluding hydrogens is 308 g/mol. The highest BCUT2D eigenvalue weighted by Gasteiger charge is 2.20. The number of para-hydroxylation sites is 1. The lowest BCUT2D eigenvalue weighted by molar-refractivity contribution is 0.521. The monoisotopic (exact) mass is 328 g/mol. The van der Waals surface area contributed by atoms with E-state index in [1.54, 1.807) is 29.1 Å². The Labute approximate surface area is 140 Å². The summed E-state index contributed by atoms with van der Waals surface area (Å²) in [4.78, 5) is 8.81. The minimum atomic E-state index is -0.0346. The van der Waals surface area contributed by atoms with Gasteiger partial charge in [0.05, 0.1) is 5.69 Å². The number of aryl methyl sites for hydroxylation is 2. The van der Waals surface area contributed by atoms with E-state index >= 15 is 0 Å². The fourth-order valence-corrected chi connectivity index (χ4v) is 2.84. The maximum atomic E-state index is 4.77. The van der Waals surface area contributed by atoms with Crippen molar-refractivity contribution in [3.63, 3.8) is 0 Å². The number of benzene rings is 1. The standard InChI is InChI=1S/C16H20N6S/c1-12-6-4-5-7-14(12)22-16(13(2)21-11-17-10-18-21)19-15(20-22)8-9-23-3/h4-7,10-11,13H,8-9H2,1-3H3/t13-/m1/s1. The molecule has 0 spiro atoms. The van der Waals surface area contributed by atoms with Gasteiger partial charge >= 0.3 is 0 Å². The molecule has 120 valence electrons. The van der Waals surface area contributed by atoms with E-state index in [2.05, 4.69) is 42.3 Å². The van der Waals surface area contributed by atoms with Crippen molar-refractivity contribution in [2.45, 2.75) is 26.3 Å². The first kappa shape index (κ1) is 15.7. The van der Waals surface area contributed by atoms with Crippen molar-refractivity contribution >= 4 is 11.8 Å². The molecule has 23 heavy (non-hydrogen) atoms. The zero-order valence-corrected chi connectivity index (χ0v) is 14.4. The molecule has 0 saturated heterocycles. The molecule has 2 heterocycles. The molecule has 0 N–H and O–H groups in total. The third-order valence-corrected chi connectivity index (χ3v) is 4.37. The molecule has 1 aromatic carbocycles. The molecule has 3 aromatic rings. The highest BCUT2D eigenvalue weighted by Crippen LogP contribution is 2.21. The Morgan fingerprint density at radius 2 is 2.09 bits per heavy atom. The van der Waals surface area contributed by atoms with Crippen LogP contribution in [-0.2, 0) is 6.42 Å². The number of hydrogen-bond acceptors (Lipinski definition) is 5. The molecule has 0 aliphatic carbocycles. The predicted octanol–water partition coefficient (Wildman–Crippen LogP) is 2.68. The normalized spacial score (nSPS) is 12.5. The predicted molar refractivity (Wildman–Crippen MR) is 92.0 cm³/mol. The molecule has 0 fully saturated rings. The molecule has 3 rings (SSSR count). The molecule has 0 aliphatic heterocycles. The van der Waals surface area contributed by atoms with Gasteiger partial charge in [-0.2, -0.15) is 22.0 Å². The minimum absolute atomic E-state index is 0.0346. The summed E-state index contributed by atoms with van der Waals surface area (Å²) in [6.45, 7) is 4.15. The summed E-state index contributed by atoms with van der Waals surface area (Å²) < 4.78 is 3.74. The molecule has 2 aromatic heterocycles. The van der Waals surface area contributed by atoms with Crippen LogP contribution in [0.1, 0.15) is 30.2 Å². The molecule has 0 bridgehead atoms. The van der Waals surface area contributed by atoms with Crippen LogP contribution in [0.4, 0.5) is 0 Å². The second kappa shape index (κ2) is 6.95. The molecule has 0 unspecified atom stereocenters.